The number of hydrogen-bond donors (Lipinski definition) is 0. The van der Waals surface area contributed by atoms with E-state index >= 15 is 0 Å². The van der Waals surface area contributed by atoms with Crippen LogP contribution < -0.4 is 4.90 Å². The molecule has 0 unspecified atom stereocenters. The summed E-state index contributed by atoms with van der Waals surface area (Å²) in [6.45, 7) is 4.42. The lowest BCUT2D eigenvalue weighted by atomic mass is 10.2. The third-order valence-electron chi connectivity index (χ3n) is 2.35. The van der Waals surface area contributed by atoms with Gasteiger partial charge in [-0.2, -0.15) is 0 Å². The molecule has 1 fully saturated rings. The fourth-order valence-corrected chi connectivity index (χ4v) is 1.58. The molecule has 12 heavy (non-hydrogen) atoms. The molecule has 0 saturated carbocycles. The zero-order valence-electron chi connectivity index (χ0n) is 7.46. The van der Waals surface area contributed by atoms with Gasteiger partial charge in [-0.05, 0) is 31.9 Å². The Morgan fingerprint density at radius 2 is 1.92 bits per heavy atom. The highest BCUT2D eigenvalue weighted by Crippen LogP contribution is 2.19. The minimum Gasteiger partial charge on any atom is -0.371 e. The van der Waals surface area contributed by atoms with Gasteiger partial charge in [0.15, 0.2) is 0 Å². The molecule has 1 nitrogen and oxygen atoms in total. The van der Waals surface area contributed by atoms with Crippen molar-refractivity contribution >= 4 is 5.69 Å². The van der Waals surface area contributed by atoms with Gasteiger partial charge in [0.1, 0.15) is 0 Å². The van der Waals surface area contributed by atoms with Crippen LogP contribution in [0.25, 0.3) is 0 Å². The first-order valence-corrected chi connectivity index (χ1v) is 4.49. The predicted molar refractivity (Wildman–Crippen MR) is 52.3 cm³/mol. The van der Waals surface area contributed by atoms with Crippen LogP contribution in [0.5, 0.6) is 0 Å². The van der Waals surface area contributed by atoms with Crippen LogP contribution in [0.3, 0.4) is 0 Å². The van der Waals surface area contributed by atoms with Crippen LogP contribution in [0.4, 0.5) is 5.69 Å². The maximum atomic E-state index is 2.40. The number of anilines is 1. The van der Waals surface area contributed by atoms with Gasteiger partial charge in [0.05, 0.1) is 0 Å². The average molecular weight is 160 g/mol. The van der Waals surface area contributed by atoms with Crippen molar-refractivity contribution in [1.29, 1.82) is 0 Å². The zero-order chi connectivity index (χ0) is 8.39. The monoisotopic (exact) mass is 160 g/mol. The molecule has 0 N–H and O–H groups in total. The summed E-state index contributed by atoms with van der Waals surface area (Å²) in [4.78, 5) is 2.40. The Bertz CT molecular complexity index is 244. The molecular weight excluding hydrogens is 146 g/mol. The number of nitrogens with zero attached hydrogens (tertiary/aromatic N) is 1. The smallest absolute Gasteiger partial charge is 0.0366 e. The van der Waals surface area contributed by atoms with Crippen molar-refractivity contribution in [1.82, 2.24) is 0 Å². The lowest BCUT2D eigenvalue weighted by Crippen LogP contribution is -2.17. The fourth-order valence-electron chi connectivity index (χ4n) is 1.58. The Labute approximate surface area is 74.0 Å². The highest BCUT2D eigenvalue weighted by molar-refractivity contribution is 5.48. The van der Waals surface area contributed by atoms with Crippen molar-refractivity contribution in [3.8, 4) is 0 Å². The minimum absolute atomic E-state index is 1.11. The molecule has 0 amide bonds. The molecule has 0 spiro atoms. The lowest BCUT2D eigenvalue weighted by molar-refractivity contribution is 0.967. The van der Waals surface area contributed by atoms with Gasteiger partial charge < -0.3 is 4.90 Å². The Balaban J connectivity index is 2.17. The van der Waals surface area contributed by atoms with E-state index < -0.39 is 0 Å². The molecule has 2 rings (SSSR count). The van der Waals surface area contributed by atoms with Gasteiger partial charge in [0, 0.05) is 18.8 Å². The van der Waals surface area contributed by atoms with E-state index in [1.807, 2.05) is 0 Å². The summed E-state index contributed by atoms with van der Waals surface area (Å²) in [5, 5.41) is 0. The molecule has 0 atom stereocenters. The first-order valence-electron chi connectivity index (χ1n) is 4.49. The molecule has 0 aromatic heterocycles. The van der Waals surface area contributed by atoms with Crippen LogP contribution in [0.1, 0.15) is 12.0 Å². The fraction of sp³-hybridized carbons (Fsp3) is 0.364. The van der Waals surface area contributed by atoms with Gasteiger partial charge in [-0.15, -0.1) is 0 Å². The molecule has 1 aliphatic rings. The molecule has 1 saturated heterocycles. The van der Waals surface area contributed by atoms with Crippen molar-refractivity contribution in [3.05, 3.63) is 36.2 Å². The van der Waals surface area contributed by atoms with Gasteiger partial charge in [-0.1, -0.05) is 17.7 Å². The molecule has 0 aliphatic carbocycles. The second-order valence-corrected chi connectivity index (χ2v) is 3.36. The molecule has 1 heterocycles. The maximum Gasteiger partial charge on any atom is 0.0366 e. The molecule has 1 aromatic rings. The van der Waals surface area contributed by atoms with Gasteiger partial charge in [0.2, 0.25) is 0 Å². The first kappa shape index (κ1) is 7.66. The second-order valence-electron chi connectivity index (χ2n) is 3.36. The Hall–Kier alpha value is -0.980. The van der Waals surface area contributed by atoms with E-state index in [2.05, 4.69) is 42.5 Å². The third-order valence-corrected chi connectivity index (χ3v) is 2.35. The SMILES string of the molecule is Cc1ccc(N2C[CH]CC2)cc1. The van der Waals surface area contributed by atoms with Gasteiger partial charge in [0.25, 0.3) is 0 Å². The van der Waals surface area contributed by atoms with E-state index in [0.29, 0.717) is 0 Å². The standard InChI is InChI=1S/C11H14N/c1-10-4-6-11(7-5-10)12-8-2-3-9-12/h2,4-7H,3,8-9H2,1H3. The first-order chi connectivity index (χ1) is 5.86. The highest BCUT2D eigenvalue weighted by Gasteiger charge is 2.11. The van der Waals surface area contributed by atoms with E-state index in [1.54, 1.807) is 0 Å². The van der Waals surface area contributed by atoms with Crippen molar-refractivity contribution in [2.75, 3.05) is 18.0 Å². The quantitative estimate of drug-likeness (QED) is 0.609. The summed E-state index contributed by atoms with van der Waals surface area (Å²) < 4.78 is 0. The van der Waals surface area contributed by atoms with Gasteiger partial charge in [-0.25, -0.2) is 0 Å². The van der Waals surface area contributed by atoms with Crippen LogP contribution >= 0.6 is 0 Å². The summed E-state index contributed by atoms with van der Waals surface area (Å²) >= 11 is 0. The number of benzene rings is 1. The van der Waals surface area contributed by atoms with Crippen LogP contribution in [0.15, 0.2) is 24.3 Å². The van der Waals surface area contributed by atoms with Gasteiger partial charge in [-0.3, -0.25) is 0 Å². The zero-order valence-corrected chi connectivity index (χ0v) is 7.46. The van der Waals surface area contributed by atoms with E-state index in [1.165, 1.54) is 24.2 Å². The van der Waals surface area contributed by atoms with Crippen molar-refractivity contribution in [2.24, 2.45) is 0 Å². The second kappa shape index (κ2) is 3.18. The van der Waals surface area contributed by atoms with Crippen molar-refractivity contribution in [3.63, 3.8) is 0 Å². The highest BCUT2D eigenvalue weighted by atomic mass is 15.1. The summed E-state index contributed by atoms with van der Waals surface area (Å²) in [5.41, 5.74) is 2.69. The molecule has 1 aromatic carbocycles. The number of hydrogen-bond acceptors (Lipinski definition) is 1. The third kappa shape index (κ3) is 1.45. The lowest BCUT2D eigenvalue weighted by Gasteiger charge is -2.17. The topological polar surface area (TPSA) is 3.24 Å². The molecule has 1 heteroatoms. The summed E-state index contributed by atoms with van der Waals surface area (Å²) in [6.07, 6.45) is 3.56. The van der Waals surface area contributed by atoms with Gasteiger partial charge >= 0.3 is 0 Å². The van der Waals surface area contributed by atoms with Crippen LogP contribution in [-0.2, 0) is 0 Å². The maximum absolute atomic E-state index is 2.40. The summed E-state index contributed by atoms with van der Waals surface area (Å²) in [6, 6.07) is 8.75. The van der Waals surface area contributed by atoms with E-state index in [-0.39, 0.29) is 0 Å². The number of aryl methyl sites for hydroxylation is 1. The molecule has 63 valence electrons. The van der Waals surface area contributed by atoms with Crippen LogP contribution in [0, 0.1) is 13.3 Å². The summed E-state index contributed by atoms with van der Waals surface area (Å²) in [5.74, 6) is 0. The minimum atomic E-state index is 1.11. The molecular formula is C11H14N. The molecule has 0 bridgehead atoms. The van der Waals surface area contributed by atoms with Crippen LogP contribution in [-0.4, -0.2) is 13.1 Å². The predicted octanol–water partition coefficient (Wildman–Crippen LogP) is 2.41. The van der Waals surface area contributed by atoms with E-state index in [0.717, 1.165) is 6.54 Å². The van der Waals surface area contributed by atoms with E-state index in [4.69, 9.17) is 0 Å². The normalized spacial score (nSPS) is 16.9. The molecule has 1 radical (unpaired) electrons. The average Bonchev–Trinajstić information content (AvgIpc) is 2.58. The molecule has 1 aliphatic heterocycles. The summed E-state index contributed by atoms with van der Waals surface area (Å²) in [7, 11) is 0. The van der Waals surface area contributed by atoms with Crippen molar-refractivity contribution < 1.29 is 0 Å². The van der Waals surface area contributed by atoms with Crippen molar-refractivity contribution in [2.45, 2.75) is 13.3 Å². The Morgan fingerprint density at radius 3 is 2.50 bits per heavy atom. The van der Waals surface area contributed by atoms with Crippen LogP contribution in [0.2, 0.25) is 0 Å². The Kier molecular flexibility index (Phi) is 2.03. The largest absolute Gasteiger partial charge is 0.371 e. The Morgan fingerprint density at radius 1 is 1.17 bits per heavy atom. The van der Waals surface area contributed by atoms with E-state index in [9.17, 15) is 0 Å². The number of rotatable bonds is 1.